The Kier molecular flexibility index (Phi) is 6.69. The van der Waals surface area contributed by atoms with Crippen molar-refractivity contribution in [3.05, 3.63) is 29.8 Å². The topological polar surface area (TPSA) is 64.3 Å². The molecule has 0 spiro atoms. The van der Waals surface area contributed by atoms with Crippen LogP contribution in [0.1, 0.15) is 46.2 Å². The molecule has 0 aromatic heterocycles. The van der Waals surface area contributed by atoms with Crippen LogP contribution in [-0.2, 0) is 4.79 Å². The zero-order valence-electron chi connectivity index (χ0n) is 13.7. The molecule has 0 saturated carbocycles. The van der Waals surface area contributed by atoms with Crippen molar-refractivity contribution in [1.82, 2.24) is 5.32 Å². The SMILES string of the molecule is CC(C)COc1ccc(C(C)NC(C(N)=O)C(C)C)cc1. The van der Waals surface area contributed by atoms with E-state index in [2.05, 4.69) is 19.2 Å². The lowest BCUT2D eigenvalue weighted by Gasteiger charge is -2.24. The van der Waals surface area contributed by atoms with E-state index in [1.54, 1.807) is 0 Å². The van der Waals surface area contributed by atoms with Crippen LogP contribution in [0.25, 0.3) is 0 Å². The Morgan fingerprint density at radius 3 is 2.14 bits per heavy atom. The Labute approximate surface area is 128 Å². The van der Waals surface area contributed by atoms with Crippen LogP contribution in [0.3, 0.4) is 0 Å². The number of benzene rings is 1. The molecule has 3 N–H and O–H groups in total. The minimum Gasteiger partial charge on any atom is -0.493 e. The van der Waals surface area contributed by atoms with Crippen molar-refractivity contribution >= 4 is 5.91 Å². The molecule has 0 aliphatic carbocycles. The Hall–Kier alpha value is -1.55. The average molecular weight is 292 g/mol. The van der Waals surface area contributed by atoms with Crippen LogP contribution in [0.15, 0.2) is 24.3 Å². The largest absolute Gasteiger partial charge is 0.493 e. The van der Waals surface area contributed by atoms with E-state index in [0.717, 1.165) is 11.3 Å². The van der Waals surface area contributed by atoms with Gasteiger partial charge in [0.25, 0.3) is 0 Å². The summed E-state index contributed by atoms with van der Waals surface area (Å²) in [6.45, 7) is 11.0. The Morgan fingerprint density at radius 1 is 1.14 bits per heavy atom. The number of primary amides is 1. The predicted molar refractivity (Wildman–Crippen MR) is 86.1 cm³/mol. The summed E-state index contributed by atoms with van der Waals surface area (Å²) in [4.78, 5) is 11.5. The summed E-state index contributed by atoms with van der Waals surface area (Å²) in [5.74, 6) is 1.23. The minimum absolute atomic E-state index is 0.0593. The number of nitrogens with two attached hydrogens (primary N) is 1. The van der Waals surface area contributed by atoms with Crippen LogP contribution in [0.4, 0.5) is 0 Å². The van der Waals surface area contributed by atoms with E-state index in [1.807, 2.05) is 45.0 Å². The molecule has 0 radical (unpaired) electrons. The Balaban J connectivity index is 2.66. The maximum Gasteiger partial charge on any atom is 0.234 e. The maximum absolute atomic E-state index is 11.5. The highest BCUT2D eigenvalue weighted by Gasteiger charge is 2.21. The van der Waals surface area contributed by atoms with Gasteiger partial charge in [0, 0.05) is 6.04 Å². The second-order valence-electron chi connectivity index (χ2n) is 6.29. The normalized spacial score (nSPS) is 14.2. The number of ether oxygens (including phenoxy) is 1. The van der Waals surface area contributed by atoms with Gasteiger partial charge in [-0.15, -0.1) is 0 Å². The fourth-order valence-corrected chi connectivity index (χ4v) is 2.08. The van der Waals surface area contributed by atoms with Gasteiger partial charge in [-0.05, 0) is 36.5 Å². The van der Waals surface area contributed by atoms with E-state index in [9.17, 15) is 4.79 Å². The van der Waals surface area contributed by atoms with E-state index >= 15 is 0 Å². The number of carbonyl (C=O) groups is 1. The van der Waals surface area contributed by atoms with Crippen molar-refractivity contribution in [2.75, 3.05) is 6.61 Å². The summed E-state index contributed by atoms with van der Waals surface area (Å²) >= 11 is 0. The number of hydrogen-bond acceptors (Lipinski definition) is 3. The molecule has 4 nitrogen and oxygen atoms in total. The number of rotatable bonds is 8. The molecule has 2 unspecified atom stereocenters. The van der Waals surface area contributed by atoms with Crippen molar-refractivity contribution in [2.45, 2.75) is 46.7 Å². The summed E-state index contributed by atoms with van der Waals surface area (Å²) in [5.41, 5.74) is 6.54. The van der Waals surface area contributed by atoms with Gasteiger partial charge in [0.15, 0.2) is 0 Å². The molecule has 1 rings (SSSR count). The molecule has 4 heteroatoms. The van der Waals surface area contributed by atoms with Crippen molar-refractivity contribution in [3.8, 4) is 5.75 Å². The lowest BCUT2D eigenvalue weighted by Crippen LogP contribution is -2.45. The zero-order chi connectivity index (χ0) is 16.0. The van der Waals surface area contributed by atoms with Crippen LogP contribution in [-0.4, -0.2) is 18.6 Å². The van der Waals surface area contributed by atoms with Gasteiger partial charge < -0.3 is 10.5 Å². The fourth-order valence-electron chi connectivity index (χ4n) is 2.08. The van der Waals surface area contributed by atoms with Crippen LogP contribution in [0.2, 0.25) is 0 Å². The first-order valence-corrected chi connectivity index (χ1v) is 7.59. The highest BCUT2D eigenvalue weighted by Crippen LogP contribution is 2.19. The number of carbonyl (C=O) groups excluding carboxylic acids is 1. The van der Waals surface area contributed by atoms with Gasteiger partial charge in [-0.3, -0.25) is 10.1 Å². The van der Waals surface area contributed by atoms with Crippen molar-refractivity contribution in [2.24, 2.45) is 17.6 Å². The molecule has 0 aliphatic heterocycles. The first-order chi connectivity index (χ1) is 9.81. The van der Waals surface area contributed by atoms with Crippen LogP contribution in [0.5, 0.6) is 5.75 Å². The first-order valence-electron chi connectivity index (χ1n) is 7.59. The summed E-state index contributed by atoms with van der Waals surface area (Å²) in [5, 5.41) is 3.29. The maximum atomic E-state index is 11.5. The second kappa shape index (κ2) is 8.03. The second-order valence-corrected chi connectivity index (χ2v) is 6.29. The third-order valence-electron chi connectivity index (χ3n) is 3.37. The molecule has 1 aromatic carbocycles. The molecule has 0 aliphatic rings. The molecular formula is C17H28N2O2. The fraction of sp³-hybridized carbons (Fsp3) is 0.588. The number of nitrogens with one attached hydrogen (secondary N) is 1. The van der Waals surface area contributed by atoms with E-state index < -0.39 is 0 Å². The van der Waals surface area contributed by atoms with E-state index in [1.165, 1.54) is 0 Å². The standard InChI is InChI=1S/C17H28N2O2/c1-11(2)10-21-15-8-6-14(7-9-15)13(5)19-16(12(3)4)17(18)20/h6-9,11-13,16,19H,10H2,1-5H3,(H2,18,20). The van der Waals surface area contributed by atoms with Gasteiger partial charge >= 0.3 is 0 Å². The van der Waals surface area contributed by atoms with Gasteiger partial charge in [0.2, 0.25) is 5.91 Å². The van der Waals surface area contributed by atoms with Gasteiger partial charge in [-0.25, -0.2) is 0 Å². The summed E-state index contributed by atoms with van der Waals surface area (Å²) in [7, 11) is 0. The third kappa shape index (κ3) is 5.76. The highest BCUT2D eigenvalue weighted by atomic mass is 16.5. The van der Waals surface area contributed by atoms with E-state index in [4.69, 9.17) is 10.5 Å². The molecule has 0 saturated heterocycles. The third-order valence-corrected chi connectivity index (χ3v) is 3.37. The van der Waals surface area contributed by atoms with Gasteiger partial charge in [0.1, 0.15) is 5.75 Å². The molecular weight excluding hydrogens is 264 g/mol. The molecule has 0 fully saturated rings. The molecule has 118 valence electrons. The van der Waals surface area contributed by atoms with Crippen molar-refractivity contribution in [3.63, 3.8) is 0 Å². The van der Waals surface area contributed by atoms with Gasteiger partial charge in [0.05, 0.1) is 12.6 Å². The van der Waals surface area contributed by atoms with Gasteiger partial charge in [-0.2, -0.15) is 0 Å². The quantitative estimate of drug-likeness (QED) is 0.774. The highest BCUT2D eigenvalue weighted by molar-refractivity contribution is 5.80. The molecule has 21 heavy (non-hydrogen) atoms. The van der Waals surface area contributed by atoms with Crippen LogP contribution in [0, 0.1) is 11.8 Å². The van der Waals surface area contributed by atoms with E-state index in [-0.39, 0.29) is 23.9 Å². The molecule has 0 heterocycles. The summed E-state index contributed by atoms with van der Waals surface area (Å²) < 4.78 is 5.67. The van der Waals surface area contributed by atoms with Gasteiger partial charge in [-0.1, -0.05) is 39.8 Å². The Morgan fingerprint density at radius 2 is 1.71 bits per heavy atom. The van der Waals surface area contributed by atoms with E-state index in [0.29, 0.717) is 12.5 Å². The predicted octanol–water partition coefficient (Wildman–Crippen LogP) is 2.88. The molecule has 1 aromatic rings. The smallest absolute Gasteiger partial charge is 0.234 e. The van der Waals surface area contributed by atoms with Crippen molar-refractivity contribution in [1.29, 1.82) is 0 Å². The molecule has 2 atom stereocenters. The number of hydrogen-bond donors (Lipinski definition) is 2. The van der Waals surface area contributed by atoms with Crippen molar-refractivity contribution < 1.29 is 9.53 Å². The molecule has 0 bridgehead atoms. The molecule has 1 amide bonds. The Bertz CT molecular complexity index is 441. The average Bonchev–Trinajstić information content (AvgIpc) is 2.42. The lowest BCUT2D eigenvalue weighted by molar-refractivity contribution is -0.121. The monoisotopic (exact) mass is 292 g/mol. The number of amides is 1. The van der Waals surface area contributed by atoms with Crippen LogP contribution < -0.4 is 15.8 Å². The first kappa shape index (κ1) is 17.5. The zero-order valence-corrected chi connectivity index (χ0v) is 13.7. The summed E-state index contributed by atoms with van der Waals surface area (Å²) in [6.07, 6.45) is 0. The summed E-state index contributed by atoms with van der Waals surface area (Å²) in [6, 6.07) is 7.70. The minimum atomic E-state index is -0.322. The lowest BCUT2D eigenvalue weighted by atomic mass is 10.0. The van der Waals surface area contributed by atoms with Crippen LogP contribution >= 0.6 is 0 Å².